The Morgan fingerprint density at radius 1 is 1.11 bits per heavy atom. The van der Waals surface area contributed by atoms with Crippen LogP contribution in [0.25, 0.3) is 16.9 Å². The molecule has 0 radical (unpaired) electrons. The summed E-state index contributed by atoms with van der Waals surface area (Å²) in [6.07, 6.45) is 3.44. The maximum atomic E-state index is 11.4. The molecule has 0 unspecified atom stereocenters. The Balaban J connectivity index is 2.07. The number of rotatable bonds is 2. The van der Waals surface area contributed by atoms with Gasteiger partial charge in [-0.25, -0.2) is 14.3 Å². The predicted octanol–water partition coefficient (Wildman–Crippen LogP) is 2.18. The average molecular weight is 253 g/mol. The first-order chi connectivity index (χ1) is 9.29. The van der Waals surface area contributed by atoms with Crippen LogP contribution in [0.1, 0.15) is 10.4 Å². The standard InChI is InChI=1S/C14H11N3O2/c1-19-14(18)11-4-2-10(3-5-11)12-6-8-15-13-7-9-16-17(12)13/h2-9H,1H3. The third kappa shape index (κ3) is 1.95. The number of benzene rings is 1. The highest BCUT2D eigenvalue weighted by atomic mass is 16.5. The zero-order valence-corrected chi connectivity index (χ0v) is 10.3. The highest BCUT2D eigenvalue weighted by molar-refractivity contribution is 5.89. The minimum Gasteiger partial charge on any atom is -0.465 e. The van der Waals surface area contributed by atoms with E-state index in [9.17, 15) is 4.79 Å². The Kier molecular flexibility index (Phi) is 2.72. The van der Waals surface area contributed by atoms with Gasteiger partial charge < -0.3 is 4.74 Å². The van der Waals surface area contributed by atoms with Crippen molar-refractivity contribution in [3.63, 3.8) is 0 Å². The Morgan fingerprint density at radius 2 is 1.89 bits per heavy atom. The Hall–Kier alpha value is -2.69. The highest BCUT2D eigenvalue weighted by Crippen LogP contribution is 2.20. The largest absolute Gasteiger partial charge is 0.465 e. The fourth-order valence-electron chi connectivity index (χ4n) is 1.95. The van der Waals surface area contributed by atoms with Crippen molar-refractivity contribution in [2.45, 2.75) is 0 Å². The second kappa shape index (κ2) is 4.53. The van der Waals surface area contributed by atoms with Crippen molar-refractivity contribution >= 4 is 11.6 Å². The SMILES string of the molecule is COC(=O)c1ccc(-c2ccnc3ccnn23)cc1. The lowest BCUT2D eigenvalue weighted by molar-refractivity contribution is 0.0601. The molecule has 3 rings (SSSR count). The third-order valence-electron chi connectivity index (χ3n) is 2.89. The molecule has 0 bridgehead atoms. The van der Waals surface area contributed by atoms with Gasteiger partial charge in [0.2, 0.25) is 0 Å². The number of carbonyl (C=O) groups excluding carboxylic acids is 1. The van der Waals surface area contributed by atoms with Gasteiger partial charge in [0.1, 0.15) is 0 Å². The lowest BCUT2D eigenvalue weighted by Crippen LogP contribution is -2.01. The zero-order valence-electron chi connectivity index (χ0n) is 10.3. The summed E-state index contributed by atoms with van der Waals surface area (Å²) in [6, 6.07) is 10.9. The van der Waals surface area contributed by atoms with Crippen LogP contribution in [0.3, 0.4) is 0 Å². The van der Waals surface area contributed by atoms with E-state index in [4.69, 9.17) is 0 Å². The average Bonchev–Trinajstić information content (AvgIpc) is 2.95. The number of nitrogens with zero attached hydrogens (tertiary/aromatic N) is 3. The minimum atomic E-state index is -0.342. The Labute approximate surface area is 109 Å². The number of hydrogen-bond acceptors (Lipinski definition) is 4. The molecule has 0 saturated carbocycles. The van der Waals surface area contributed by atoms with Crippen molar-refractivity contribution in [2.75, 3.05) is 7.11 Å². The summed E-state index contributed by atoms with van der Waals surface area (Å²) in [7, 11) is 1.37. The smallest absolute Gasteiger partial charge is 0.337 e. The predicted molar refractivity (Wildman–Crippen MR) is 69.8 cm³/mol. The van der Waals surface area contributed by atoms with E-state index in [0.29, 0.717) is 5.56 Å². The van der Waals surface area contributed by atoms with Crippen molar-refractivity contribution < 1.29 is 9.53 Å². The Morgan fingerprint density at radius 3 is 2.63 bits per heavy atom. The Bertz CT molecular complexity index is 732. The van der Waals surface area contributed by atoms with Crippen LogP contribution in [0.2, 0.25) is 0 Å². The molecule has 0 N–H and O–H groups in total. The topological polar surface area (TPSA) is 56.5 Å². The van der Waals surface area contributed by atoms with Gasteiger partial charge in [-0.15, -0.1) is 0 Å². The van der Waals surface area contributed by atoms with Crippen molar-refractivity contribution in [1.82, 2.24) is 14.6 Å². The van der Waals surface area contributed by atoms with Gasteiger partial charge in [-0.05, 0) is 18.2 Å². The molecule has 0 aliphatic rings. The fraction of sp³-hybridized carbons (Fsp3) is 0.0714. The molecular formula is C14H11N3O2. The maximum Gasteiger partial charge on any atom is 0.337 e. The van der Waals surface area contributed by atoms with Crippen molar-refractivity contribution in [2.24, 2.45) is 0 Å². The van der Waals surface area contributed by atoms with E-state index in [1.165, 1.54) is 7.11 Å². The third-order valence-corrected chi connectivity index (χ3v) is 2.89. The molecule has 1 aromatic carbocycles. The summed E-state index contributed by atoms with van der Waals surface area (Å²) in [6.45, 7) is 0. The van der Waals surface area contributed by atoms with Gasteiger partial charge in [0, 0.05) is 17.8 Å². The second-order valence-electron chi connectivity index (χ2n) is 4.00. The molecule has 0 saturated heterocycles. The monoisotopic (exact) mass is 253 g/mol. The number of carbonyl (C=O) groups is 1. The molecule has 5 heteroatoms. The molecule has 0 spiro atoms. The second-order valence-corrected chi connectivity index (χ2v) is 4.00. The van der Waals surface area contributed by atoms with Crippen LogP contribution in [0.5, 0.6) is 0 Å². The zero-order chi connectivity index (χ0) is 13.2. The van der Waals surface area contributed by atoms with Crippen LogP contribution in [-0.2, 0) is 4.74 Å². The van der Waals surface area contributed by atoms with E-state index in [2.05, 4.69) is 14.8 Å². The van der Waals surface area contributed by atoms with Gasteiger partial charge in [0.15, 0.2) is 5.65 Å². The molecule has 19 heavy (non-hydrogen) atoms. The van der Waals surface area contributed by atoms with Crippen LogP contribution in [0, 0.1) is 0 Å². The molecule has 0 fully saturated rings. The molecule has 3 aromatic rings. The molecule has 0 aliphatic carbocycles. The van der Waals surface area contributed by atoms with Gasteiger partial charge in [-0.3, -0.25) is 0 Å². The number of hydrogen-bond donors (Lipinski definition) is 0. The number of methoxy groups -OCH3 is 1. The molecule has 0 amide bonds. The summed E-state index contributed by atoms with van der Waals surface area (Å²) in [5.74, 6) is -0.342. The van der Waals surface area contributed by atoms with Crippen LogP contribution in [0.4, 0.5) is 0 Å². The lowest BCUT2D eigenvalue weighted by Gasteiger charge is -2.05. The van der Waals surface area contributed by atoms with Gasteiger partial charge in [-0.1, -0.05) is 12.1 Å². The van der Waals surface area contributed by atoms with E-state index in [0.717, 1.165) is 16.9 Å². The molecule has 0 atom stereocenters. The van der Waals surface area contributed by atoms with Crippen molar-refractivity contribution in [3.8, 4) is 11.3 Å². The lowest BCUT2D eigenvalue weighted by atomic mass is 10.1. The molecule has 2 heterocycles. The number of esters is 1. The van der Waals surface area contributed by atoms with Crippen LogP contribution in [-0.4, -0.2) is 27.7 Å². The number of aromatic nitrogens is 3. The minimum absolute atomic E-state index is 0.342. The van der Waals surface area contributed by atoms with E-state index >= 15 is 0 Å². The number of ether oxygens (including phenoxy) is 1. The van der Waals surface area contributed by atoms with E-state index in [1.807, 2.05) is 24.3 Å². The summed E-state index contributed by atoms with van der Waals surface area (Å²) < 4.78 is 6.43. The van der Waals surface area contributed by atoms with Gasteiger partial charge in [0.25, 0.3) is 0 Å². The van der Waals surface area contributed by atoms with Crippen LogP contribution in [0.15, 0.2) is 48.8 Å². The molecular weight excluding hydrogens is 242 g/mol. The fourth-order valence-corrected chi connectivity index (χ4v) is 1.95. The summed E-state index contributed by atoms with van der Waals surface area (Å²) in [5.41, 5.74) is 3.20. The normalized spacial score (nSPS) is 10.6. The maximum absolute atomic E-state index is 11.4. The number of fused-ring (bicyclic) bond motifs is 1. The van der Waals surface area contributed by atoms with E-state index in [1.54, 1.807) is 29.0 Å². The van der Waals surface area contributed by atoms with Gasteiger partial charge in [-0.2, -0.15) is 5.10 Å². The molecule has 0 aliphatic heterocycles. The first-order valence-electron chi connectivity index (χ1n) is 5.77. The van der Waals surface area contributed by atoms with E-state index < -0.39 is 0 Å². The first kappa shape index (κ1) is 11.4. The summed E-state index contributed by atoms with van der Waals surface area (Å²) in [4.78, 5) is 15.6. The first-order valence-corrected chi connectivity index (χ1v) is 5.77. The van der Waals surface area contributed by atoms with Gasteiger partial charge in [0.05, 0.1) is 24.6 Å². The summed E-state index contributed by atoms with van der Waals surface area (Å²) in [5, 5.41) is 4.23. The van der Waals surface area contributed by atoms with E-state index in [-0.39, 0.29) is 5.97 Å². The van der Waals surface area contributed by atoms with Crippen LogP contribution >= 0.6 is 0 Å². The summed E-state index contributed by atoms with van der Waals surface area (Å²) >= 11 is 0. The molecule has 94 valence electrons. The quantitative estimate of drug-likeness (QED) is 0.657. The molecule has 5 nitrogen and oxygen atoms in total. The van der Waals surface area contributed by atoms with Crippen molar-refractivity contribution in [3.05, 3.63) is 54.4 Å². The highest BCUT2D eigenvalue weighted by Gasteiger charge is 2.07. The molecule has 2 aromatic heterocycles. The van der Waals surface area contributed by atoms with Crippen molar-refractivity contribution in [1.29, 1.82) is 0 Å². The van der Waals surface area contributed by atoms with Gasteiger partial charge >= 0.3 is 5.97 Å². The van der Waals surface area contributed by atoms with Crippen LogP contribution < -0.4 is 0 Å².